The molecule has 4 rings (SSSR count). The van der Waals surface area contributed by atoms with Gasteiger partial charge in [0.15, 0.2) is 0 Å². The van der Waals surface area contributed by atoms with Crippen LogP contribution in [0.3, 0.4) is 0 Å². The summed E-state index contributed by atoms with van der Waals surface area (Å²) in [5.41, 5.74) is 6.22. The molecule has 4 heteroatoms. The molecule has 0 fully saturated rings. The molecule has 0 bridgehead atoms. The van der Waals surface area contributed by atoms with Gasteiger partial charge in [-0.25, -0.2) is 9.37 Å². The van der Waals surface area contributed by atoms with Crippen LogP contribution in [-0.2, 0) is 12.8 Å². The summed E-state index contributed by atoms with van der Waals surface area (Å²) in [6.07, 6.45) is 3.34. The molecule has 124 valence electrons. The van der Waals surface area contributed by atoms with Gasteiger partial charge < -0.3 is 4.98 Å². The van der Waals surface area contributed by atoms with Crippen molar-refractivity contribution in [1.29, 1.82) is 0 Å². The fourth-order valence-corrected chi connectivity index (χ4v) is 3.04. The van der Waals surface area contributed by atoms with Gasteiger partial charge in [-0.3, -0.25) is 4.98 Å². The second-order valence-corrected chi connectivity index (χ2v) is 6.23. The lowest BCUT2D eigenvalue weighted by Gasteiger charge is -2.02. The lowest BCUT2D eigenvalue weighted by atomic mass is 10.1. The lowest BCUT2D eigenvalue weighted by molar-refractivity contribution is 0.625. The highest BCUT2D eigenvalue weighted by Gasteiger charge is 2.06. The number of H-pyrrole nitrogens is 1. The molecule has 0 atom stereocenters. The first-order chi connectivity index (χ1) is 12.2. The molecule has 0 radical (unpaired) electrons. The molecular weight excluding hydrogens is 313 g/mol. The minimum atomic E-state index is -0.195. The largest absolute Gasteiger partial charge is 0.342 e. The van der Waals surface area contributed by atoms with Crippen LogP contribution in [-0.4, -0.2) is 15.0 Å². The smallest absolute Gasteiger partial charge is 0.123 e. The van der Waals surface area contributed by atoms with Gasteiger partial charge in [-0.1, -0.05) is 18.2 Å². The highest BCUT2D eigenvalue weighted by molar-refractivity contribution is 5.82. The summed E-state index contributed by atoms with van der Waals surface area (Å²) >= 11 is 0. The maximum Gasteiger partial charge on any atom is 0.123 e. The van der Waals surface area contributed by atoms with Gasteiger partial charge in [-0.2, -0.15) is 0 Å². The fraction of sp³-hybridized carbons (Fsp3) is 0.143. The number of fused-ring (bicyclic) bond motifs is 1. The molecule has 2 aromatic heterocycles. The first-order valence-electron chi connectivity index (χ1n) is 8.33. The van der Waals surface area contributed by atoms with Crippen LogP contribution in [0.2, 0.25) is 0 Å². The number of aromatic amines is 1. The predicted octanol–water partition coefficient (Wildman–Crippen LogP) is 4.86. The monoisotopic (exact) mass is 331 g/mol. The van der Waals surface area contributed by atoms with E-state index in [9.17, 15) is 4.39 Å². The maximum absolute atomic E-state index is 13.3. The number of halogens is 1. The molecule has 2 aromatic carbocycles. The van der Waals surface area contributed by atoms with Gasteiger partial charge >= 0.3 is 0 Å². The number of hydrogen-bond acceptors (Lipinski definition) is 2. The molecule has 0 aliphatic heterocycles. The summed E-state index contributed by atoms with van der Waals surface area (Å²) in [5.74, 6) is 0.724. The van der Waals surface area contributed by atoms with Gasteiger partial charge in [0.2, 0.25) is 0 Å². The van der Waals surface area contributed by atoms with E-state index in [1.807, 2.05) is 31.3 Å². The molecule has 4 aromatic rings. The van der Waals surface area contributed by atoms with Crippen molar-refractivity contribution in [2.24, 2.45) is 0 Å². The zero-order chi connectivity index (χ0) is 17.2. The number of pyridine rings is 1. The first-order valence-corrected chi connectivity index (χ1v) is 8.33. The predicted molar refractivity (Wildman–Crippen MR) is 97.9 cm³/mol. The fourth-order valence-electron chi connectivity index (χ4n) is 3.04. The van der Waals surface area contributed by atoms with Gasteiger partial charge in [-0.05, 0) is 66.4 Å². The average Bonchev–Trinajstić information content (AvgIpc) is 3.02. The quantitative estimate of drug-likeness (QED) is 0.580. The minimum absolute atomic E-state index is 0.195. The van der Waals surface area contributed by atoms with Crippen LogP contribution in [0.1, 0.15) is 17.1 Å². The van der Waals surface area contributed by atoms with E-state index in [0.29, 0.717) is 0 Å². The summed E-state index contributed by atoms with van der Waals surface area (Å²) in [4.78, 5) is 12.3. The van der Waals surface area contributed by atoms with Gasteiger partial charge in [0.05, 0.1) is 11.0 Å². The van der Waals surface area contributed by atoms with Gasteiger partial charge in [0.25, 0.3) is 0 Å². The van der Waals surface area contributed by atoms with Crippen molar-refractivity contribution in [3.63, 3.8) is 0 Å². The van der Waals surface area contributed by atoms with Crippen molar-refractivity contribution in [2.75, 3.05) is 0 Å². The van der Waals surface area contributed by atoms with Crippen molar-refractivity contribution in [1.82, 2.24) is 15.0 Å². The summed E-state index contributed by atoms with van der Waals surface area (Å²) in [5, 5.41) is 0. The molecule has 25 heavy (non-hydrogen) atoms. The molecule has 0 unspecified atom stereocenters. The molecule has 3 nitrogen and oxygen atoms in total. The first kappa shape index (κ1) is 15.5. The van der Waals surface area contributed by atoms with Crippen LogP contribution >= 0.6 is 0 Å². The van der Waals surface area contributed by atoms with Crippen LogP contribution in [0.5, 0.6) is 0 Å². The summed E-state index contributed by atoms with van der Waals surface area (Å²) in [7, 11) is 0. The van der Waals surface area contributed by atoms with E-state index in [1.54, 1.807) is 12.1 Å². The second kappa shape index (κ2) is 6.48. The van der Waals surface area contributed by atoms with E-state index < -0.39 is 0 Å². The van der Waals surface area contributed by atoms with Crippen molar-refractivity contribution >= 4 is 11.0 Å². The molecule has 0 saturated carbocycles. The number of rotatable bonds is 4. The molecule has 0 amide bonds. The Labute approximate surface area is 145 Å². The van der Waals surface area contributed by atoms with Crippen LogP contribution < -0.4 is 0 Å². The van der Waals surface area contributed by atoms with Crippen molar-refractivity contribution in [3.05, 3.63) is 83.7 Å². The van der Waals surface area contributed by atoms with E-state index in [4.69, 9.17) is 0 Å². The number of aromatic nitrogens is 3. The number of benzene rings is 2. The van der Waals surface area contributed by atoms with E-state index >= 15 is 0 Å². The molecule has 0 spiro atoms. The average molecular weight is 331 g/mol. The van der Waals surface area contributed by atoms with Crippen LogP contribution in [0.25, 0.3) is 22.2 Å². The zero-order valence-corrected chi connectivity index (χ0v) is 14.0. The van der Waals surface area contributed by atoms with Crippen LogP contribution in [0.15, 0.2) is 60.8 Å². The Morgan fingerprint density at radius 1 is 0.960 bits per heavy atom. The molecule has 1 N–H and O–H groups in total. The number of hydrogen-bond donors (Lipinski definition) is 1. The Bertz CT molecular complexity index is 1040. The summed E-state index contributed by atoms with van der Waals surface area (Å²) in [6, 6.07) is 17.0. The summed E-state index contributed by atoms with van der Waals surface area (Å²) < 4.78 is 13.3. The Morgan fingerprint density at radius 3 is 2.68 bits per heavy atom. The molecule has 0 aliphatic rings. The normalized spacial score (nSPS) is 11.1. The molecular formula is C21H18FN3. The van der Waals surface area contributed by atoms with E-state index in [2.05, 4.69) is 33.2 Å². The van der Waals surface area contributed by atoms with Crippen molar-refractivity contribution in [3.8, 4) is 11.1 Å². The number of imidazole rings is 1. The van der Waals surface area contributed by atoms with Crippen LogP contribution in [0.4, 0.5) is 4.39 Å². The Kier molecular flexibility index (Phi) is 4.02. The van der Waals surface area contributed by atoms with Crippen molar-refractivity contribution < 1.29 is 4.39 Å². The topological polar surface area (TPSA) is 41.6 Å². The van der Waals surface area contributed by atoms with E-state index in [0.717, 1.165) is 52.1 Å². The van der Waals surface area contributed by atoms with Gasteiger partial charge in [0.1, 0.15) is 11.6 Å². The third-order valence-corrected chi connectivity index (χ3v) is 4.30. The standard InChI is InChI=1S/C21H18FN3/c1-14-11-17(9-10-23-14)16-6-7-19-20(13-16)25-21(24-19)8-5-15-3-2-4-18(22)12-15/h2-4,6-7,9-13H,5,8H2,1H3,(H,24,25). The zero-order valence-electron chi connectivity index (χ0n) is 14.0. The van der Waals surface area contributed by atoms with Crippen molar-refractivity contribution in [2.45, 2.75) is 19.8 Å². The number of nitrogens with zero attached hydrogens (tertiary/aromatic N) is 2. The van der Waals surface area contributed by atoms with E-state index in [-0.39, 0.29) is 5.82 Å². The maximum atomic E-state index is 13.3. The van der Waals surface area contributed by atoms with E-state index in [1.165, 1.54) is 6.07 Å². The highest BCUT2D eigenvalue weighted by atomic mass is 19.1. The Hall–Kier alpha value is -3.01. The molecule has 0 saturated heterocycles. The Balaban J connectivity index is 1.58. The van der Waals surface area contributed by atoms with Crippen LogP contribution in [0, 0.1) is 12.7 Å². The highest BCUT2D eigenvalue weighted by Crippen LogP contribution is 2.24. The molecule has 2 heterocycles. The summed E-state index contributed by atoms with van der Waals surface area (Å²) in [6.45, 7) is 1.99. The minimum Gasteiger partial charge on any atom is -0.342 e. The van der Waals surface area contributed by atoms with Gasteiger partial charge in [-0.15, -0.1) is 0 Å². The third-order valence-electron chi connectivity index (χ3n) is 4.30. The Morgan fingerprint density at radius 2 is 1.84 bits per heavy atom. The third kappa shape index (κ3) is 3.43. The number of aryl methyl sites for hydroxylation is 3. The molecule has 0 aliphatic carbocycles. The lowest BCUT2D eigenvalue weighted by Crippen LogP contribution is -1.93. The second-order valence-electron chi connectivity index (χ2n) is 6.23. The SMILES string of the molecule is Cc1cc(-c2ccc3nc(CCc4cccc(F)c4)[nH]c3c2)ccn1. The number of nitrogens with one attached hydrogen (secondary N) is 1. The van der Waals surface area contributed by atoms with Gasteiger partial charge in [0, 0.05) is 18.3 Å².